The van der Waals surface area contributed by atoms with E-state index in [1.165, 1.54) is 0 Å². The van der Waals surface area contributed by atoms with Gasteiger partial charge >= 0.3 is 0 Å². The van der Waals surface area contributed by atoms with Crippen LogP contribution < -0.4 is 10.6 Å². The topological polar surface area (TPSA) is 66.6 Å². The van der Waals surface area contributed by atoms with E-state index in [0.717, 1.165) is 51.0 Å². The summed E-state index contributed by atoms with van der Waals surface area (Å²) in [5, 5.41) is 0. The van der Waals surface area contributed by atoms with Crippen LogP contribution in [0.25, 0.3) is 0 Å². The number of likely N-dealkylation sites (tertiary alicyclic amines) is 1. The molecule has 0 saturated carbocycles. The van der Waals surface area contributed by atoms with Crippen molar-refractivity contribution >= 4 is 17.5 Å². The zero-order valence-electron chi connectivity index (χ0n) is 14.4. The quantitative estimate of drug-likeness (QED) is 0.926. The number of rotatable bonds is 3. The number of piperidine rings is 2. The van der Waals surface area contributed by atoms with Crippen LogP contribution >= 0.6 is 0 Å². The summed E-state index contributed by atoms with van der Waals surface area (Å²) in [7, 11) is 0. The highest BCUT2D eigenvalue weighted by Gasteiger charge is 2.26. The van der Waals surface area contributed by atoms with E-state index in [9.17, 15) is 9.59 Å². The summed E-state index contributed by atoms with van der Waals surface area (Å²) in [5.74, 6) is 0.626. The predicted molar refractivity (Wildman–Crippen MR) is 94.9 cm³/mol. The highest BCUT2D eigenvalue weighted by atomic mass is 16.2. The maximum absolute atomic E-state index is 12.7. The fourth-order valence-electron chi connectivity index (χ4n) is 3.67. The van der Waals surface area contributed by atoms with Gasteiger partial charge in [-0.1, -0.05) is 0 Å². The molecule has 0 radical (unpaired) electrons. The Morgan fingerprint density at radius 2 is 1.92 bits per heavy atom. The van der Waals surface area contributed by atoms with Crippen molar-refractivity contribution in [2.75, 3.05) is 24.5 Å². The Kier molecular flexibility index (Phi) is 5.19. The molecule has 2 aliphatic rings. The summed E-state index contributed by atoms with van der Waals surface area (Å²) in [4.78, 5) is 28.5. The van der Waals surface area contributed by atoms with Gasteiger partial charge < -0.3 is 15.5 Å². The molecule has 130 valence electrons. The normalized spacial score (nSPS) is 23.2. The molecular weight excluding hydrogens is 302 g/mol. The van der Waals surface area contributed by atoms with Gasteiger partial charge in [0.1, 0.15) is 0 Å². The summed E-state index contributed by atoms with van der Waals surface area (Å²) in [5.41, 5.74) is 7.59. The van der Waals surface area contributed by atoms with Gasteiger partial charge in [0.15, 0.2) is 0 Å². The molecule has 0 bridgehead atoms. The average molecular weight is 329 g/mol. The van der Waals surface area contributed by atoms with Crippen LogP contribution in [-0.2, 0) is 4.79 Å². The van der Waals surface area contributed by atoms with E-state index >= 15 is 0 Å². The summed E-state index contributed by atoms with van der Waals surface area (Å²) >= 11 is 0. The molecule has 0 unspecified atom stereocenters. The molecule has 0 aromatic heterocycles. The largest absolute Gasteiger partial charge is 0.338 e. The van der Waals surface area contributed by atoms with Gasteiger partial charge in [-0.25, -0.2) is 0 Å². The average Bonchev–Trinajstić information content (AvgIpc) is 2.62. The summed E-state index contributed by atoms with van der Waals surface area (Å²) in [6, 6.07) is 7.59. The Morgan fingerprint density at radius 1 is 1.17 bits per heavy atom. The zero-order chi connectivity index (χ0) is 17.1. The lowest BCUT2D eigenvalue weighted by Crippen LogP contribution is -2.45. The number of nitrogens with zero attached hydrogens (tertiary/aromatic N) is 2. The molecule has 2 saturated heterocycles. The minimum Gasteiger partial charge on any atom is -0.338 e. The number of nitrogens with two attached hydrogens (primary N) is 1. The molecule has 2 N–H and O–H groups in total. The smallest absolute Gasteiger partial charge is 0.253 e. The molecule has 2 aliphatic heterocycles. The van der Waals surface area contributed by atoms with Crippen molar-refractivity contribution in [1.82, 2.24) is 4.90 Å². The Morgan fingerprint density at radius 3 is 2.58 bits per heavy atom. The fraction of sp³-hybridized carbons (Fsp3) is 0.579. The van der Waals surface area contributed by atoms with Gasteiger partial charge in [0.2, 0.25) is 5.91 Å². The molecule has 5 nitrogen and oxygen atoms in total. The van der Waals surface area contributed by atoms with Gasteiger partial charge in [0.05, 0.1) is 0 Å². The Hall–Kier alpha value is -1.88. The van der Waals surface area contributed by atoms with Gasteiger partial charge in [0, 0.05) is 43.3 Å². The molecule has 0 spiro atoms. The molecule has 5 heteroatoms. The van der Waals surface area contributed by atoms with Crippen molar-refractivity contribution in [2.45, 2.75) is 45.1 Å². The van der Waals surface area contributed by atoms with E-state index in [2.05, 4.69) is 0 Å². The second kappa shape index (κ2) is 7.34. The number of amides is 2. The first-order valence-corrected chi connectivity index (χ1v) is 9.01. The maximum Gasteiger partial charge on any atom is 0.253 e. The van der Waals surface area contributed by atoms with Crippen LogP contribution in [0.3, 0.4) is 0 Å². The second-order valence-corrected chi connectivity index (χ2v) is 7.06. The van der Waals surface area contributed by atoms with Gasteiger partial charge in [-0.05, 0) is 62.8 Å². The molecule has 2 amide bonds. The molecule has 1 aromatic carbocycles. The molecule has 24 heavy (non-hydrogen) atoms. The van der Waals surface area contributed by atoms with Crippen LogP contribution in [0.4, 0.5) is 5.69 Å². The SMILES string of the molecule is C[C@@H](N)[C@@H]1CCCN(C(=O)c2ccc(N3CCCCC3=O)cc2)C1. The molecule has 3 rings (SSSR count). The monoisotopic (exact) mass is 329 g/mol. The van der Waals surface area contributed by atoms with Gasteiger partial charge in [-0.3, -0.25) is 9.59 Å². The van der Waals surface area contributed by atoms with E-state index in [1.807, 2.05) is 41.0 Å². The molecule has 1 aromatic rings. The van der Waals surface area contributed by atoms with Crippen LogP contribution in [0.5, 0.6) is 0 Å². The highest BCUT2D eigenvalue weighted by Crippen LogP contribution is 2.24. The Balaban J connectivity index is 1.68. The van der Waals surface area contributed by atoms with E-state index in [4.69, 9.17) is 5.73 Å². The standard InChI is InChI=1S/C19H27N3O2/c1-14(20)16-5-4-11-21(13-16)19(24)15-7-9-17(10-8-15)22-12-3-2-6-18(22)23/h7-10,14,16H,2-6,11-13,20H2,1H3/t14-,16-/m1/s1. The highest BCUT2D eigenvalue weighted by molar-refractivity contribution is 5.97. The van der Waals surface area contributed by atoms with Gasteiger partial charge in [0.25, 0.3) is 5.91 Å². The minimum absolute atomic E-state index is 0.0665. The molecule has 2 fully saturated rings. The van der Waals surface area contributed by atoms with Crippen LogP contribution in [0.15, 0.2) is 24.3 Å². The van der Waals surface area contributed by atoms with Crippen molar-refractivity contribution in [2.24, 2.45) is 11.7 Å². The lowest BCUT2D eigenvalue weighted by molar-refractivity contribution is -0.119. The summed E-state index contributed by atoms with van der Waals surface area (Å²) in [6.45, 7) is 4.33. The van der Waals surface area contributed by atoms with E-state index in [-0.39, 0.29) is 17.9 Å². The third-order valence-electron chi connectivity index (χ3n) is 5.24. The third-order valence-corrected chi connectivity index (χ3v) is 5.24. The number of carbonyl (C=O) groups excluding carboxylic acids is 2. The van der Waals surface area contributed by atoms with Crippen molar-refractivity contribution in [3.8, 4) is 0 Å². The first kappa shape index (κ1) is 17.0. The Bertz CT molecular complexity index is 597. The van der Waals surface area contributed by atoms with Gasteiger partial charge in [-0.15, -0.1) is 0 Å². The van der Waals surface area contributed by atoms with E-state index in [1.54, 1.807) is 0 Å². The van der Waals surface area contributed by atoms with Crippen molar-refractivity contribution < 1.29 is 9.59 Å². The van der Waals surface area contributed by atoms with E-state index < -0.39 is 0 Å². The second-order valence-electron chi connectivity index (χ2n) is 7.06. The summed E-state index contributed by atoms with van der Waals surface area (Å²) < 4.78 is 0. The maximum atomic E-state index is 12.7. The van der Waals surface area contributed by atoms with Crippen molar-refractivity contribution in [1.29, 1.82) is 0 Å². The third kappa shape index (κ3) is 3.61. The molecule has 2 atom stereocenters. The number of hydrogen-bond donors (Lipinski definition) is 1. The first-order valence-electron chi connectivity index (χ1n) is 9.01. The zero-order valence-corrected chi connectivity index (χ0v) is 14.4. The predicted octanol–water partition coefficient (Wildman–Crippen LogP) is 2.40. The van der Waals surface area contributed by atoms with Gasteiger partial charge in [-0.2, -0.15) is 0 Å². The lowest BCUT2D eigenvalue weighted by atomic mass is 9.92. The van der Waals surface area contributed by atoms with Crippen molar-refractivity contribution in [3.63, 3.8) is 0 Å². The number of benzene rings is 1. The molecular formula is C19H27N3O2. The van der Waals surface area contributed by atoms with Crippen LogP contribution in [0.1, 0.15) is 49.4 Å². The minimum atomic E-state index is 0.0665. The molecule has 2 heterocycles. The number of carbonyl (C=O) groups is 2. The van der Waals surface area contributed by atoms with Crippen molar-refractivity contribution in [3.05, 3.63) is 29.8 Å². The summed E-state index contributed by atoms with van der Waals surface area (Å²) in [6.07, 6.45) is 4.74. The first-order chi connectivity index (χ1) is 11.6. The number of anilines is 1. The molecule has 0 aliphatic carbocycles. The fourth-order valence-corrected chi connectivity index (χ4v) is 3.67. The lowest BCUT2D eigenvalue weighted by Gasteiger charge is -2.34. The van der Waals surface area contributed by atoms with Crippen LogP contribution in [0.2, 0.25) is 0 Å². The van der Waals surface area contributed by atoms with E-state index in [0.29, 0.717) is 17.9 Å². The number of hydrogen-bond acceptors (Lipinski definition) is 3. The Labute approximate surface area is 143 Å². The van der Waals surface area contributed by atoms with Crippen LogP contribution in [-0.4, -0.2) is 42.4 Å². The van der Waals surface area contributed by atoms with Crippen LogP contribution in [0, 0.1) is 5.92 Å².